The summed E-state index contributed by atoms with van der Waals surface area (Å²) in [5, 5.41) is 10.2. The zero-order valence-corrected chi connectivity index (χ0v) is 12.9. The minimum atomic E-state index is -0.251. The number of benzene rings is 3. The van der Waals surface area contributed by atoms with Crippen molar-refractivity contribution >= 4 is 11.0 Å². The van der Waals surface area contributed by atoms with Gasteiger partial charge in [-0.1, -0.05) is 42.5 Å². The Balaban J connectivity index is 1.94. The highest BCUT2D eigenvalue weighted by molar-refractivity contribution is 5.82. The van der Waals surface area contributed by atoms with Crippen molar-refractivity contribution in [2.75, 3.05) is 0 Å². The Kier molecular flexibility index (Phi) is 3.50. The fraction of sp³-hybridized carbons (Fsp3) is 0.0500. The van der Waals surface area contributed by atoms with Crippen LogP contribution in [0.2, 0.25) is 0 Å². The minimum Gasteiger partial charge on any atom is -0.507 e. The SMILES string of the molecule is Oc1ccccc1-c1nc2ccccc2n1Cc1ccccc1F. The van der Waals surface area contributed by atoms with Crippen LogP contribution < -0.4 is 0 Å². The monoisotopic (exact) mass is 318 g/mol. The molecule has 4 heteroatoms. The van der Waals surface area contributed by atoms with Gasteiger partial charge >= 0.3 is 0 Å². The number of nitrogens with zero attached hydrogens (tertiary/aromatic N) is 2. The van der Waals surface area contributed by atoms with Gasteiger partial charge in [0.1, 0.15) is 17.4 Å². The van der Waals surface area contributed by atoms with Crippen molar-refractivity contribution in [1.82, 2.24) is 9.55 Å². The van der Waals surface area contributed by atoms with Crippen LogP contribution in [0.1, 0.15) is 5.56 Å². The van der Waals surface area contributed by atoms with Gasteiger partial charge in [0.2, 0.25) is 0 Å². The summed E-state index contributed by atoms with van der Waals surface area (Å²) in [6.45, 7) is 0.344. The van der Waals surface area contributed by atoms with E-state index in [1.165, 1.54) is 6.07 Å². The fourth-order valence-corrected chi connectivity index (χ4v) is 2.90. The molecule has 0 aliphatic carbocycles. The number of aromatic hydroxyl groups is 1. The van der Waals surface area contributed by atoms with Crippen LogP contribution in [-0.2, 0) is 6.54 Å². The van der Waals surface area contributed by atoms with Crippen LogP contribution in [0.25, 0.3) is 22.4 Å². The Labute approximate surface area is 138 Å². The van der Waals surface area contributed by atoms with Gasteiger partial charge in [0.05, 0.1) is 23.1 Å². The molecule has 0 spiro atoms. The highest BCUT2D eigenvalue weighted by atomic mass is 19.1. The quantitative estimate of drug-likeness (QED) is 0.599. The summed E-state index contributed by atoms with van der Waals surface area (Å²) in [4.78, 5) is 4.65. The zero-order chi connectivity index (χ0) is 16.5. The number of phenolic OH excluding ortho intramolecular Hbond substituents is 1. The largest absolute Gasteiger partial charge is 0.507 e. The zero-order valence-electron chi connectivity index (χ0n) is 12.9. The number of para-hydroxylation sites is 3. The van der Waals surface area contributed by atoms with E-state index in [9.17, 15) is 9.50 Å². The summed E-state index contributed by atoms with van der Waals surface area (Å²) in [6.07, 6.45) is 0. The van der Waals surface area contributed by atoms with E-state index in [1.54, 1.807) is 24.3 Å². The predicted octanol–water partition coefficient (Wildman–Crippen LogP) is 4.60. The highest BCUT2D eigenvalue weighted by Crippen LogP contribution is 2.31. The minimum absolute atomic E-state index is 0.155. The van der Waals surface area contributed by atoms with Crippen LogP contribution in [0.3, 0.4) is 0 Å². The van der Waals surface area contributed by atoms with Gasteiger partial charge in [-0.3, -0.25) is 0 Å². The van der Waals surface area contributed by atoms with Crippen LogP contribution in [0.15, 0.2) is 72.8 Å². The van der Waals surface area contributed by atoms with Crippen LogP contribution in [0.5, 0.6) is 5.75 Å². The summed E-state index contributed by atoms with van der Waals surface area (Å²) < 4.78 is 16.0. The van der Waals surface area contributed by atoms with Crippen LogP contribution in [0.4, 0.5) is 4.39 Å². The molecule has 0 saturated carbocycles. The second kappa shape index (κ2) is 5.81. The molecule has 1 N–H and O–H groups in total. The van der Waals surface area contributed by atoms with Crippen molar-refractivity contribution in [1.29, 1.82) is 0 Å². The molecule has 0 unspecified atom stereocenters. The highest BCUT2D eigenvalue weighted by Gasteiger charge is 2.16. The Morgan fingerprint density at radius 2 is 1.58 bits per heavy atom. The first-order valence-corrected chi connectivity index (χ1v) is 7.71. The van der Waals surface area contributed by atoms with E-state index in [1.807, 2.05) is 47.0 Å². The van der Waals surface area contributed by atoms with Crippen LogP contribution >= 0.6 is 0 Å². The summed E-state index contributed by atoms with van der Waals surface area (Å²) in [7, 11) is 0. The van der Waals surface area contributed by atoms with Crippen LogP contribution in [-0.4, -0.2) is 14.7 Å². The van der Waals surface area contributed by atoms with E-state index in [-0.39, 0.29) is 11.6 Å². The van der Waals surface area contributed by atoms with Gasteiger partial charge in [-0.05, 0) is 30.3 Å². The Morgan fingerprint density at radius 1 is 0.875 bits per heavy atom. The molecule has 0 atom stereocenters. The maximum Gasteiger partial charge on any atom is 0.145 e. The molecule has 118 valence electrons. The number of halogens is 1. The third-order valence-electron chi connectivity index (χ3n) is 4.09. The molecule has 1 heterocycles. The molecule has 0 radical (unpaired) electrons. The molecular weight excluding hydrogens is 303 g/mol. The van der Waals surface area contributed by atoms with Crippen molar-refractivity contribution in [3.05, 3.63) is 84.2 Å². The fourth-order valence-electron chi connectivity index (χ4n) is 2.90. The number of hydrogen-bond acceptors (Lipinski definition) is 2. The van der Waals surface area contributed by atoms with Crippen molar-refractivity contribution in [2.45, 2.75) is 6.54 Å². The lowest BCUT2D eigenvalue weighted by Crippen LogP contribution is -2.04. The molecule has 0 fully saturated rings. The molecule has 24 heavy (non-hydrogen) atoms. The van der Waals surface area contributed by atoms with E-state index >= 15 is 0 Å². The van der Waals surface area contributed by atoms with Gasteiger partial charge < -0.3 is 9.67 Å². The summed E-state index contributed by atoms with van der Waals surface area (Å²) in [6, 6.07) is 21.5. The molecule has 0 amide bonds. The van der Waals surface area contributed by atoms with E-state index in [0.29, 0.717) is 23.5 Å². The second-order valence-corrected chi connectivity index (χ2v) is 5.62. The third kappa shape index (κ3) is 2.42. The second-order valence-electron chi connectivity index (χ2n) is 5.62. The standard InChI is InChI=1S/C20H15FN2O/c21-16-9-3-1-7-14(16)13-23-18-11-5-4-10-17(18)22-20(23)15-8-2-6-12-19(15)24/h1-12,24H,13H2. The Hall–Kier alpha value is -3.14. The molecule has 0 bridgehead atoms. The van der Waals surface area contributed by atoms with Gasteiger partial charge in [-0.2, -0.15) is 0 Å². The Morgan fingerprint density at radius 3 is 2.42 bits per heavy atom. The first kappa shape index (κ1) is 14.5. The van der Waals surface area contributed by atoms with Crippen molar-refractivity contribution in [3.8, 4) is 17.1 Å². The molecule has 4 rings (SSSR count). The average molecular weight is 318 g/mol. The summed E-state index contributed by atoms with van der Waals surface area (Å²) in [5.41, 5.74) is 2.92. The van der Waals surface area contributed by atoms with Crippen molar-refractivity contribution in [3.63, 3.8) is 0 Å². The summed E-state index contributed by atoms with van der Waals surface area (Å²) in [5.74, 6) is 0.527. The smallest absolute Gasteiger partial charge is 0.145 e. The van der Waals surface area contributed by atoms with E-state index in [2.05, 4.69) is 4.98 Å². The lowest BCUT2D eigenvalue weighted by Gasteiger charge is -2.11. The average Bonchev–Trinajstić information content (AvgIpc) is 2.96. The maximum absolute atomic E-state index is 14.1. The van der Waals surface area contributed by atoms with Crippen LogP contribution in [0, 0.1) is 5.82 Å². The number of rotatable bonds is 3. The Bertz CT molecular complexity index is 1020. The molecular formula is C20H15FN2O. The molecule has 0 aliphatic rings. The van der Waals surface area contributed by atoms with Gasteiger partial charge in [-0.15, -0.1) is 0 Å². The number of phenols is 1. The lowest BCUT2D eigenvalue weighted by molar-refractivity contribution is 0.476. The van der Waals surface area contributed by atoms with Crippen molar-refractivity contribution in [2.24, 2.45) is 0 Å². The normalized spacial score (nSPS) is 11.0. The lowest BCUT2D eigenvalue weighted by atomic mass is 10.1. The number of hydrogen-bond donors (Lipinski definition) is 1. The van der Waals surface area contributed by atoms with Gasteiger partial charge in [0, 0.05) is 5.56 Å². The molecule has 1 aromatic heterocycles. The summed E-state index contributed by atoms with van der Waals surface area (Å²) >= 11 is 0. The molecule has 3 aromatic carbocycles. The first-order valence-electron chi connectivity index (χ1n) is 7.71. The van der Waals surface area contributed by atoms with E-state index < -0.39 is 0 Å². The number of aromatic nitrogens is 2. The molecule has 0 aliphatic heterocycles. The van der Waals surface area contributed by atoms with E-state index in [4.69, 9.17) is 0 Å². The van der Waals surface area contributed by atoms with Gasteiger partial charge in [0.25, 0.3) is 0 Å². The van der Waals surface area contributed by atoms with Crippen molar-refractivity contribution < 1.29 is 9.50 Å². The van der Waals surface area contributed by atoms with Gasteiger partial charge in [0.15, 0.2) is 0 Å². The predicted molar refractivity (Wildman–Crippen MR) is 92.3 cm³/mol. The molecule has 4 aromatic rings. The topological polar surface area (TPSA) is 38.1 Å². The molecule has 0 saturated heterocycles. The number of fused-ring (bicyclic) bond motifs is 1. The first-order chi connectivity index (χ1) is 11.7. The maximum atomic E-state index is 14.1. The number of imidazole rings is 1. The van der Waals surface area contributed by atoms with Gasteiger partial charge in [-0.25, -0.2) is 9.37 Å². The third-order valence-corrected chi connectivity index (χ3v) is 4.09. The van der Waals surface area contributed by atoms with E-state index in [0.717, 1.165) is 11.0 Å². The molecule has 3 nitrogen and oxygen atoms in total.